The fourth-order valence-corrected chi connectivity index (χ4v) is 2.37. The van der Waals surface area contributed by atoms with E-state index in [0.29, 0.717) is 12.3 Å². The molecule has 0 saturated heterocycles. The van der Waals surface area contributed by atoms with Crippen LogP contribution in [0.5, 0.6) is 5.75 Å². The number of hydrogen-bond acceptors (Lipinski definition) is 4. The van der Waals surface area contributed by atoms with Gasteiger partial charge >= 0.3 is 5.51 Å². The van der Waals surface area contributed by atoms with Crippen molar-refractivity contribution in [2.45, 2.75) is 17.0 Å². The van der Waals surface area contributed by atoms with Crippen LogP contribution in [0.3, 0.4) is 0 Å². The number of halogens is 3. The lowest BCUT2D eigenvalue weighted by molar-refractivity contribution is -0.0328. The molecule has 24 heavy (non-hydrogen) atoms. The molecular weight excluding hydrogens is 339 g/mol. The van der Waals surface area contributed by atoms with Crippen LogP contribution in [-0.2, 0) is 6.61 Å². The molecule has 128 valence electrons. The van der Waals surface area contributed by atoms with Crippen LogP contribution < -0.4 is 4.74 Å². The smallest absolute Gasteiger partial charge is 0.446 e. The molecule has 1 N–H and O–H groups in total. The van der Waals surface area contributed by atoms with Gasteiger partial charge in [-0.25, -0.2) is 0 Å². The summed E-state index contributed by atoms with van der Waals surface area (Å²) in [6.45, 7) is 0.647. The normalized spacial score (nSPS) is 11.8. The number of aliphatic hydroxyl groups excluding tert-OH is 1. The van der Waals surface area contributed by atoms with Crippen LogP contribution in [0.2, 0.25) is 0 Å². The number of thioether (sulfide) groups is 1. The van der Waals surface area contributed by atoms with E-state index in [0.717, 1.165) is 11.1 Å². The van der Waals surface area contributed by atoms with Crippen molar-refractivity contribution >= 4 is 18.0 Å². The van der Waals surface area contributed by atoms with Gasteiger partial charge < -0.3 is 9.84 Å². The number of aliphatic imine (C=N–C) groups is 1. The van der Waals surface area contributed by atoms with E-state index in [9.17, 15) is 13.2 Å². The fraction of sp³-hybridized carbons (Fsp3) is 0.235. The molecule has 0 aromatic heterocycles. The molecule has 0 saturated carbocycles. The Kier molecular flexibility index (Phi) is 6.69. The van der Waals surface area contributed by atoms with Gasteiger partial charge in [-0.2, -0.15) is 13.2 Å². The zero-order chi connectivity index (χ0) is 17.4. The third-order valence-corrected chi connectivity index (χ3v) is 3.65. The van der Waals surface area contributed by atoms with Gasteiger partial charge in [-0.15, -0.1) is 0 Å². The Morgan fingerprint density at radius 1 is 1.04 bits per heavy atom. The van der Waals surface area contributed by atoms with Gasteiger partial charge in [0.15, 0.2) is 0 Å². The molecule has 0 aliphatic heterocycles. The van der Waals surface area contributed by atoms with Gasteiger partial charge in [0.05, 0.1) is 13.2 Å². The van der Waals surface area contributed by atoms with Crippen molar-refractivity contribution in [3.63, 3.8) is 0 Å². The lowest BCUT2D eigenvalue weighted by Crippen LogP contribution is -1.99. The maximum absolute atomic E-state index is 12.3. The van der Waals surface area contributed by atoms with Crippen molar-refractivity contribution in [3.05, 3.63) is 59.7 Å². The summed E-state index contributed by atoms with van der Waals surface area (Å²) in [7, 11) is 0. The third kappa shape index (κ3) is 6.64. The molecule has 2 aromatic rings. The Morgan fingerprint density at radius 2 is 1.71 bits per heavy atom. The first-order valence-electron chi connectivity index (χ1n) is 7.14. The van der Waals surface area contributed by atoms with Gasteiger partial charge in [-0.05, 0) is 59.3 Å². The lowest BCUT2D eigenvalue weighted by atomic mass is 10.2. The molecule has 0 radical (unpaired) electrons. The molecule has 2 rings (SSSR count). The third-order valence-electron chi connectivity index (χ3n) is 2.91. The highest BCUT2D eigenvalue weighted by molar-refractivity contribution is 8.00. The Balaban J connectivity index is 1.86. The molecule has 0 aliphatic carbocycles. The average molecular weight is 355 g/mol. The second-order valence-corrected chi connectivity index (χ2v) is 5.95. The Bertz CT molecular complexity index is 655. The van der Waals surface area contributed by atoms with E-state index < -0.39 is 5.51 Å². The highest BCUT2D eigenvalue weighted by Gasteiger charge is 2.28. The number of alkyl halides is 3. The SMILES string of the molecule is OCC/N=C/c1ccc(OCc2ccc(SC(F)(F)F)cc2)cc1. The summed E-state index contributed by atoms with van der Waals surface area (Å²) >= 11 is -0.135. The van der Waals surface area contributed by atoms with E-state index in [4.69, 9.17) is 9.84 Å². The first-order chi connectivity index (χ1) is 11.5. The molecular formula is C17H16F3NO2S. The first-order valence-corrected chi connectivity index (χ1v) is 7.96. The van der Waals surface area contributed by atoms with E-state index in [1.807, 2.05) is 12.1 Å². The van der Waals surface area contributed by atoms with Crippen LogP contribution >= 0.6 is 11.8 Å². The van der Waals surface area contributed by atoms with Crippen LogP contribution in [0.25, 0.3) is 0 Å². The molecule has 0 heterocycles. The number of aliphatic hydroxyl groups is 1. The minimum Gasteiger partial charge on any atom is -0.489 e. The van der Waals surface area contributed by atoms with Crippen LogP contribution in [0, 0.1) is 0 Å². The number of ether oxygens (including phenoxy) is 1. The maximum atomic E-state index is 12.3. The summed E-state index contributed by atoms with van der Waals surface area (Å²) in [4.78, 5) is 4.17. The fourth-order valence-electron chi connectivity index (χ4n) is 1.83. The van der Waals surface area contributed by atoms with Crippen molar-refractivity contribution in [3.8, 4) is 5.75 Å². The van der Waals surface area contributed by atoms with Gasteiger partial charge in [-0.3, -0.25) is 4.99 Å². The molecule has 0 amide bonds. The van der Waals surface area contributed by atoms with Crippen LogP contribution in [0.4, 0.5) is 13.2 Å². The quantitative estimate of drug-likeness (QED) is 0.595. The second-order valence-electron chi connectivity index (χ2n) is 4.81. The molecule has 0 fully saturated rings. The summed E-state index contributed by atoms with van der Waals surface area (Å²) < 4.78 is 42.4. The Morgan fingerprint density at radius 3 is 2.29 bits per heavy atom. The predicted octanol–water partition coefficient (Wildman–Crippen LogP) is 4.29. The lowest BCUT2D eigenvalue weighted by Gasteiger charge is -2.08. The number of hydrogen-bond donors (Lipinski definition) is 1. The summed E-state index contributed by atoms with van der Waals surface area (Å²) in [6.07, 6.45) is 1.66. The summed E-state index contributed by atoms with van der Waals surface area (Å²) in [5.41, 5.74) is -2.60. The summed E-state index contributed by atoms with van der Waals surface area (Å²) in [5, 5.41) is 8.65. The number of nitrogens with zero attached hydrogens (tertiary/aromatic N) is 1. The van der Waals surface area contributed by atoms with Crippen molar-refractivity contribution in [2.75, 3.05) is 13.2 Å². The van der Waals surface area contributed by atoms with Crippen molar-refractivity contribution in [2.24, 2.45) is 4.99 Å². The van der Waals surface area contributed by atoms with Crippen LogP contribution in [0.1, 0.15) is 11.1 Å². The zero-order valence-corrected chi connectivity index (χ0v) is 13.5. The predicted molar refractivity (Wildman–Crippen MR) is 88.7 cm³/mol. The molecule has 0 aliphatic rings. The molecule has 3 nitrogen and oxygen atoms in total. The molecule has 2 aromatic carbocycles. The van der Waals surface area contributed by atoms with Crippen molar-refractivity contribution in [1.82, 2.24) is 0 Å². The van der Waals surface area contributed by atoms with Crippen LogP contribution in [-0.4, -0.2) is 30.0 Å². The zero-order valence-electron chi connectivity index (χ0n) is 12.7. The highest BCUT2D eigenvalue weighted by Crippen LogP contribution is 2.36. The van der Waals surface area contributed by atoms with E-state index >= 15 is 0 Å². The topological polar surface area (TPSA) is 41.8 Å². The van der Waals surface area contributed by atoms with Gasteiger partial charge in [-0.1, -0.05) is 12.1 Å². The standard InChI is InChI=1S/C17H16F3NO2S/c18-17(19,20)24-16-7-3-14(4-8-16)12-23-15-5-1-13(2-6-15)11-21-9-10-22/h1-8,11,22H,9-10,12H2/b21-11+. The van der Waals surface area contributed by atoms with E-state index in [1.54, 1.807) is 30.5 Å². The van der Waals surface area contributed by atoms with E-state index in [-0.39, 0.29) is 29.9 Å². The van der Waals surface area contributed by atoms with E-state index in [1.165, 1.54) is 12.1 Å². The minimum absolute atomic E-state index is 0.0119. The Labute approximate surface area is 142 Å². The molecule has 0 spiro atoms. The van der Waals surface area contributed by atoms with Crippen molar-refractivity contribution in [1.29, 1.82) is 0 Å². The minimum atomic E-state index is -4.28. The monoisotopic (exact) mass is 355 g/mol. The molecule has 0 atom stereocenters. The molecule has 7 heteroatoms. The molecule has 0 unspecified atom stereocenters. The summed E-state index contributed by atoms with van der Waals surface area (Å²) in [5.74, 6) is 0.656. The van der Waals surface area contributed by atoms with Gasteiger partial charge in [0.1, 0.15) is 12.4 Å². The van der Waals surface area contributed by atoms with E-state index in [2.05, 4.69) is 4.99 Å². The first kappa shape index (κ1) is 18.4. The average Bonchev–Trinajstić information content (AvgIpc) is 2.54. The largest absolute Gasteiger partial charge is 0.489 e. The Hall–Kier alpha value is -1.99. The number of rotatable bonds is 7. The highest BCUT2D eigenvalue weighted by atomic mass is 32.2. The maximum Gasteiger partial charge on any atom is 0.446 e. The number of benzene rings is 2. The second kappa shape index (κ2) is 8.75. The van der Waals surface area contributed by atoms with Gasteiger partial charge in [0, 0.05) is 11.1 Å². The molecule has 0 bridgehead atoms. The van der Waals surface area contributed by atoms with Gasteiger partial charge in [0.2, 0.25) is 0 Å². The summed E-state index contributed by atoms with van der Waals surface area (Å²) in [6, 6.07) is 13.3. The van der Waals surface area contributed by atoms with Crippen LogP contribution in [0.15, 0.2) is 58.4 Å². The van der Waals surface area contributed by atoms with Crippen molar-refractivity contribution < 1.29 is 23.0 Å². The van der Waals surface area contributed by atoms with Gasteiger partial charge in [0.25, 0.3) is 0 Å².